The van der Waals surface area contributed by atoms with Crippen molar-refractivity contribution < 1.29 is 4.74 Å². The highest BCUT2D eigenvalue weighted by Crippen LogP contribution is 2.44. The topological polar surface area (TPSA) is 37.7 Å². The molecular formula is C23H17Cl2N3OS2. The third-order valence-electron chi connectivity index (χ3n) is 5.13. The van der Waals surface area contributed by atoms with Gasteiger partial charge in [-0.05, 0) is 12.1 Å². The van der Waals surface area contributed by atoms with Crippen LogP contribution in [0.5, 0.6) is 5.75 Å². The quantitative estimate of drug-likeness (QED) is 0.292. The van der Waals surface area contributed by atoms with Gasteiger partial charge in [-0.3, -0.25) is 0 Å². The monoisotopic (exact) mass is 485 g/mol. The number of anilines is 1. The van der Waals surface area contributed by atoms with E-state index in [0.29, 0.717) is 15.1 Å². The molecule has 0 bridgehead atoms. The molecule has 1 atom stereocenters. The number of rotatable bonds is 5. The summed E-state index contributed by atoms with van der Waals surface area (Å²) in [6.45, 7) is 0. The normalized spacial score (nSPS) is 15.9. The lowest BCUT2D eigenvalue weighted by Gasteiger charge is -2.22. The van der Waals surface area contributed by atoms with Gasteiger partial charge >= 0.3 is 0 Å². The van der Waals surface area contributed by atoms with Crippen LogP contribution in [0.15, 0.2) is 71.1 Å². The molecule has 0 fully saturated rings. The van der Waals surface area contributed by atoms with E-state index in [1.807, 2.05) is 47.5 Å². The van der Waals surface area contributed by atoms with Crippen LogP contribution >= 0.6 is 45.9 Å². The van der Waals surface area contributed by atoms with Gasteiger partial charge < -0.3 is 4.74 Å². The molecule has 0 N–H and O–H groups in total. The van der Waals surface area contributed by atoms with Crippen LogP contribution in [0.3, 0.4) is 0 Å². The van der Waals surface area contributed by atoms with Crippen molar-refractivity contribution >= 4 is 56.7 Å². The third-order valence-corrected chi connectivity index (χ3v) is 7.45. The maximum Gasteiger partial charge on any atom is 0.207 e. The van der Waals surface area contributed by atoms with Crippen molar-refractivity contribution in [1.82, 2.24) is 4.98 Å². The maximum absolute atomic E-state index is 6.45. The summed E-state index contributed by atoms with van der Waals surface area (Å²) in [4.78, 5) is 4.89. The molecular weight excluding hydrogens is 469 g/mol. The second-order valence-electron chi connectivity index (χ2n) is 6.97. The molecule has 5 rings (SSSR count). The fourth-order valence-corrected chi connectivity index (χ4v) is 6.02. The third kappa shape index (κ3) is 3.96. The van der Waals surface area contributed by atoms with Crippen molar-refractivity contribution in [2.75, 3.05) is 12.1 Å². The predicted octanol–water partition coefficient (Wildman–Crippen LogP) is 7.54. The summed E-state index contributed by atoms with van der Waals surface area (Å²) in [5, 5.41) is 9.81. The number of methoxy groups -OCH3 is 1. The van der Waals surface area contributed by atoms with Gasteiger partial charge in [0.1, 0.15) is 10.1 Å². The first-order valence-corrected chi connectivity index (χ1v) is 12.0. The number of halogens is 2. The first kappa shape index (κ1) is 20.5. The van der Waals surface area contributed by atoms with Crippen LogP contribution in [0, 0.1) is 0 Å². The van der Waals surface area contributed by atoms with Gasteiger partial charge in [0.25, 0.3) is 0 Å². The van der Waals surface area contributed by atoms with E-state index in [9.17, 15) is 0 Å². The number of nitrogens with zero attached hydrogens (tertiary/aromatic N) is 3. The van der Waals surface area contributed by atoms with Crippen LogP contribution in [-0.4, -0.2) is 17.8 Å². The number of hydrazone groups is 1. The van der Waals surface area contributed by atoms with Gasteiger partial charge in [0, 0.05) is 28.5 Å². The summed E-state index contributed by atoms with van der Waals surface area (Å²) in [6, 6.07) is 20.0. The van der Waals surface area contributed by atoms with Crippen LogP contribution in [0.4, 0.5) is 5.13 Å². The average molecular weight is 486 g/mol. The zero-order valence-corrected chi connectivity index (χ0v) is 19.6. The number of para-hydroxylation sites is 1. The summed E-state index contributed by atoms with van der Waals surface area (Å²) in [5.74, 6) is 0.822. The van der Waals surface area contributed by atoms with E-state index in [1.54, 1.807) is 18.4 Å². The molecule has 1 unspecified atom stereocenters. The van der Waals surface area contributed by atoms with E-state index < -0.39 is 0 Å². The Balaban J connectivity index is 1.58. The largest absolute Gasteiger partial charge is 0.496 e. The van der Waals surface area contributed by atoms with E-state index in [4.69, 9.17) is 38.0 Å². The van der Waals surface area contributed by atoms with Crippen LogP contribution in [-0.2, 0) is 0 Å². The van der Waals surface area contributed by atoms with E-state index in [0.717, 1.165) is 39.0 Å². The summed E-state index contributed by atoms with van der Waals surface area (Å²) >= 11 is 15.6. The van der Waals surface area contributed by atoms with Crippen LogP contribution < -0.4 is 9.75 Å². The van der Waals surface area contributed by atoms with Gasteiger partial charge in [-0.25, -0.2) is 9.99 Å². The van der Waals surface area contributed by atoms with Crippen LogP contribution in [0.1, 0.15) is 23.6 Å². The highest BCUT2D eigenvalue weighted by Gasteiger charge is 2.34. The number of aromatic nitrogens is 1. The molecule has 31 heavy (non-hydrogen) atoms. The zero-order chi connectivity index (χ0) is 21.4. The van der Waals surface area contributed by atoms with Gasteiger partial charge in [0.2, 0.25) is 5.13 Å². The lowest BCUT2D eigenvalue weighted by molar-refractivity contribution is 0.405. The molecule has 0 amide bonds. The molecule has 8 heteroatoms. The molecule has 0 saturated carbocycles. The lowest BCUT2D eigenvalue weighted by atomic mass is 9.99. The number of hydrogen-bond donors (Lipinski definition) is 0. The fourth-order valence-electron chi connectivity index (χ4n) is 3.68. The Labute approximate surface area is 198 Å². The first-order valence-electron chi connectivity index (χ1n) is 9.60. The molecule has 2 aromatic heterocycles. The van der Waals surface area contributed by atoms with Crippen LogP contribution in [0.25, 0.3) is 11.3 Å². The van der Waals surface area contributed by atoms with Crippen molar-refractivity contribution in [3.8, 4) is 17.0 Å². The molecule has 1 aliphatic rings. The molecule has 1 aliphatic heterocycles. The minimum absolute atomic E-state index is 0.0596. The van der Waals surface area contributed by atoms with E-state index in [1.165, 1.54) is 11.3 Å². The number of hydrogen-bond acceptors (Lipinski definition) is 6. The average Bonchev–Trinajstić information content (AvgIpc) is 3.52. The standard InChI is InChI=1S/C23H17Cl2N3OS2/c1-29-20-10-6-5-9-15(20)19-12-17(16-11-21(24)31-22(16)25)27-28(19)23-26-18(13-30-23)14-7-3-2-4-8-14/h2-11,13,19H,12H2,1H3. The fraction of sp³-hybridized carbons (Fsp3) is 0.130. The molecule has 0 spiro atoms. The second kappa shape index (κ2) is 8.63. The Kier molecular flexibility index (Phi) is 5.71. The van der Waals surface area contributed by atoms with Gasteiger partial charge in [0.05, 0.1) is 28.9 Å². The van der Waals surface area contributed by atoms with Gasteiger partial charge in [-0.2, -0.15) is 5.10 Å². The molecule has 0 radical (unpaired) electrons. The summed E-state index contributed by atoms with van der Waals surface area (Å²) in [7, 11) is 1.69. The van der Waals surface area contributed by atoms with Crippen molar-refractivity contribution in [2.24, 2.45) is 5.10 Å². The second-order valence-corrected chi connectivity index (χ2v) is 10.1. The van der Waals surface area contributed by atoms with Crippen molar-refractivity contribution in [3.05, 3.63) is 85.8 Å². The summed E-state index contributed by atoms with van der Waals surface area (Å²) in [6.07, 6.45) is 0.674. The maximum atomic E-state index is 6.45. The zero-order valence-electron chi connectivity index (χ0n) is 16.5. The minimum Gasteiger partial charge on any atom is -0.496 e. The van der Waals surface area contributed by atoms with Crippen LogP contribution in [0.2, 0.25) is 8.67 Å². The smallest absolute Gasteiger partial charge is 0.207 e. The van der Waals surface area contributed by atoms with E-state index >= 15 is 0 Å². The molecule has 0 aliphatic carbocycles. The molecule has 4 nitrogen and oxygen atoms in total. The minimum atomic E-state index is -0.0596. The molecule has 2 aromatic carbocycles. The lowest BCUT2D eigenvalue weighted by Crippen LogP contribution is -2.19. The van der Waals surface area contributed by atoms with E-state index in [-0.39, 0.29) is 6.04 Å². The Morgan fingerprint density at radius 3 is 2.58 bits per heavy atom. The first-order chi connectivity index (χ1) is 15.1. The molecule has 156 valence electrons. The number of thiazole rings is 1. The molecule has 4 aromatic rings. The Hall–Kier alpha value is -2.38. The summed E-state index contributed by atoms with van der Waals surface area (Å²) < 4.78 is 6.94. The van der Waals surface area contributed by atoms with Gasteiger partial charge in [-0.15, -0.1) is 22.7 Å². The highest BCUT2D eigenvalue weighted by atomic mass is 35.5. The van der Waals surface area contributed by atoms with Crippen molar-refractivity contribution in [3.63, 3.8) is 0 Å². The highest BCUT2D eigenvalue weighted by molar-refractivity contribution is 7.20. The van der Waals surface area contributed by atoms with Crippen molar-refractivity contribution in [1.29, 1.82) is 0 Å². The van der Waals surface area contributed by atoms with Crippen molar-refractivity contribution in [2.45, 2.75) is 12.5 Å². The van der Waals surface area contributed by atoms with Gasteiger partial charge in [0.15, 0.2) is 0 Å². The number of benzene rings is 2. The number of thiophene rings is 1. The molecule has 3 heterocycles. The molecule has 0 saturated heterocycles. The SMILES string of the molecule is COc1ccccc1C1CC(c2cc(Cl)sc2Cl)=NN1c1nc(-c2ccccc2)cs1. The predicted molar refractivity (Wildman–Crippen MR) is 131 cm³/mol. The summed E-state index contributed by atoms with van der Waals surface area (Å²) in [5.41, 5.74) is 4.83. The van der Waals surface area contributed by atoms with Gasteiger partial charge in [-0.1, -0.05) is 71.7 Å². The van der Waals surface area contributed by atoms with E-state index in [2.05, 4.69) is 23.6 Å². The Bertz CT molecular complexity index is 1250. The Morgan fingerprint density at radius 1 is 1.06 bits per heavy atom. The Morgan fingerprint density at radius 2 is 1.84 bits per heavy atom. The number of ether oxygens (including phenoxy) is 1.